The van der Waals surface area contributed by atoms with Crippen LogP contribution < -0.4 is 10.1 Å². The lowest BCUT2D eigenvalue weighted by atomic mass is 10.1. The molecule has 16 heavy (non-hydrogen) atoms. The van der Waals surface area contributed by atoms with Crippen LogP contribution in [0.4, 0.5) is 5.69 Å². The van der Waals surface area contributed by atoms with E-state index in [1.54, 1.807) is 7.11 Å². The zero-order chi connectivity index (χ0) is 12.3. The lowest BCUT2D eigenvalue weighted by Gasteiger charge is -2.13. The number of amides is 1. The van der Waals surface area contributed by atoms with Crippen LogP contribution in [0.5, 0.6) is 5.75 Å². The quantitative estimate of drug-likeness (QED) is 0.852. The summed E-state index contributed by atoms with van der Waals surface area (Å²) in [4.78, 5) is 11.6. The van der Waals surface area contributed by atoms with Crippen LogP contribution in [0.15, 0.2) is 12.1 Å². The maximum absolute atomic E-state index is 11.6. The number of rotatable bonds is 3. The van der Waals surface area contributed by atoms with Gasteiger partial charge in [-0.2, -0.15) is 0 Å². The van der Waals surface area contributed by atoms with Crippen LogP contribution in [0.2, 0.25) is 0 Å². The van der Waals surface area contributed by atoms with Crippen LogP contribution in [0.25, 0.3) is 0 Å². The average Bonchev–Trinajstić information content (AvgIpc) is 2.22. The van der Waals surface area contributed by atoms with Crippen molar-refractivity contribution in [3.05, 3.63) is 23.3 Å². The Labute approximate surface area is 96.8 Å². The molecule has 0 saturated carbocycles. The SMILES string of the molecule is COc1cc(C)c(NC(=O)C(C)C)cc1C. The van der Waals surface area contributed by atoms with E-state index in [1.165, 1.54) is 0 Å². The Morgan fingerprint density at radius 3 is 2.38 bits per heavy atom. The molecule has 0 spiro atoms. The predicted octanol–water partition coefficient (Wildman–Crippen LogP) is 2.91. The number of hydrogen-bond donors (Lipinski definition) is 1. The van der Waals surface area contributed by atoms with Gasteiger partial charge in [0.2, 0.25) is 5.91 Å². The smallest absolute Gasteiger partial charge is 0.226 e. The molecule has 1 N–H and O–H groups in total. The van der Waals surface area contributed by atoms with Crippen molar-refractivity contribution in [1.82, 2.24) is 0 Å². The van der Waals surface area contributed by atoms with E-state index in [0.717, 1.165) is 22.6 Å². The number of hydrogen-bond acceptors (Lipinski definition) is 2. The van der Waals surface area contributed by atoms with Crippen molar-refractivity contribution in [2.75, 3.05) is 12.4 Å². The minimum absolute atomic E-state index is 0.0122. The first-order chi connectivity index (χ1) is 7.45. The maximum Gasteiger partial charge on any atom is 0.226 e. The first kappa shape index (κ1) is 12.6. The molecule has 0 aliphatic carbocycles. The zero-order valence-corrected chi connectivity index (χ0v) is 10.5. The highest BCUT2D eigenvalue weighted by molar-refractivity contribution is 5.93. The summed E-state index contributed by atoms with van der Waals surface area (Å²) < 4.78 is 5.22. The molecule has 0 unspecified atom stereocenters. The van der Waals surface area contributed by atoms with Gasteiger partial charge in [0.1, 0.15) is 5.75 Å². The van der Waals surface area contributed by atoms with E-state index < -0.39 is 0 Å². The van der Waals surface area contributed by atoms with E-state index in [2.05, 4.69) is 5.32 Å². The number of methoxy groups -OCH3 is 1. The molecule has 3 heteroatoms. The number of anilines is 1. The summed E-state index contributed by atoms with van der Waals surface area (Å²) in [6.07, 6.45) is 0. The Hall–Kier alpha value is -1.51. The fourth-order valence-corrected chi connectivity index (χ4v) is 1.42. The standard InChI is InChI=1S/C13H19NO2/c1-8(2)13(15)14-11-6-10(4)12(16-5)7-9(11)3/h6-8H,1-5H3,(H,14,15). The van der Waals surface area contributed by atoms with Gasteiger partial charge in [0.15, 0.2) is 0 Å². The van der Waals surface area contributed by atoms with Gasteiger partial charge in [-0.25, -0.2) is 0 Å². The minimum atomic E-state index is -0.0122. The molecular weight excluding hydrogens is 202 g/mol. The van der Waals surface area contributed by atoms with E-state index in [1.807, 2.05) is 39.8 Å². The van der Waals surface area contributed by atoms with Crippen LogP contribution in [-0.4, -0.2) is 13.0 Å². The lowest BCUT2D eigenvalue weighted by Crippen LogP contribution is -2.18. The molecule has 0 fully saturated rings. The molecule has 1 aromatic rings. The van der Waals surface area contributed by atoms with Crippen molar-refractivity contribution < 1.29 is 9.53 Å². The van der Waals surface area contributed by atoms with Gasteiger partial charge in [0.25, 0.3) is 0 Å². The second-order valence-electron chi connectivity index (χ2n) is 4.28. The summed E-state index contributed by atoms with van der Waals surface area (Å²) in [5.41, 5.74) is 2.89. The third kappa shape index (κ3) is 2.75. The molecule has 1 aromatic carbocycles. The molecule has 3 nitrogen and oxygen atoms in total. The molecule has 1 amide bonds. The van der Waals surface area contributed by atoms with E-state index in [-0.39, 0.29) is 11.8 Å². The highest BCUT2D eigenvalue weighted by Crippen LogP contribution is 2.26. The summed E-state index contributed by atoms with van der Waals surface area (Å²) in [5.74, 6) is 0.870. The Balaban J connectivity index is 2.98. The Morgan fingerprint density at radius 2 is 1.88 bits per heavy atom. The van der Waals surface area contributed by atoms with Gasteiger partial charge >= 0.3 is 0 Å². The number of benzene rings is 1. The number of carbonyl (C=O) groups excluding carboxylic acids is 1. The highest BCUT2D eigenvalue weighted by atomic mass is 16.5. The Bertz CT molecular complexity index is 397. The number of nitrogens with one attached hydrogen (secondary N) is 1. The molecule has 0 aromatic heterocycles. The number of ether oxygens (including phenoxy) is 1. The monoisotopic (exact) mass is 221 g/mol. The number of aryl methyl sites for hydroxylation is 2. The molecule has 0 bridgehead atoms. The van der Waals surface area contributed by atoms with Gasteiger partial charge in [-0.05, 0) is 37.1 Å². The van der Waals surface area contributed by atoms with Crippen LogP contribution in [0.1, 0.15) is 25.0 Å². The third-order valence-electron chi connectivity index (χ3n) is 2.52. The average molecular weight is 221 g/mol. The molecular formula is C13H19NO2. The van der Waals surface area contributed by atoms with Crippen molar-refractivity contribution in [2.45, 2.75) is 27.7 Å². The fraction of sp³-hybridized carbons (Fsp3) is 0.462. The molecule has 1 rings (SSSR count). The summed E-state index contributed by atoms with van der Waals surface area (Å²) in [5, 5.41) is 2.91. The summed E-state index contributed by atoms with van der Waals surface area (Å²) in [7, 11) is 1.65. The molecule has 0 heterocycles. The predicted molar refractivity (Wildman–Crippen MR) is 65.9 cm³/mol. The largest absolute Gasteiger partial charge is 0.496 e. The normalized spacial score (nSPS) is 10.4. The van der Waals surface area contributed by atoms with Crippen molar-refractivity contribution in [3.8, 4) is 5.75 Å². The number of carbonyl (C=O) groups is 1. The third-order valence-corrected chi connectivity index (χ3v) is 2.52. The Kier molecular flexibility index (Phi) is 3.93. The summed E-state index contributed by atoms with van der Waals surface area (Å²) >= 11 is 0. The van der Waals surface area contributed by atoms with Gasteiger partial charge in [0.05, 0.1) is 7.11 Å². The van der Waals surface area contributed by atoms with Crippen LogP contribution in [-0.2, 0) is 4.79 Å². The van der Waals surface area contributed by atoms with E-state index >= 15 is 0 Å². The van der Waals surface area contributed by atoms with E-state index in [0.29, 0.717) is 0 Å². The molecule has 0 radical (unpaired) electrons. The zero-order valence-electron chi connectivity index (χ0n) is 10.5. The van der Waals surface area contributed by atoms with Gasteiger partial charge < -0.3 is 10.1 Å². The summed E-state index contributed by atoms with van der Waals surface area (Å²) in [6.45, 7) is 7.67. The van der Waals surface area contributed by atoms with E-state index in [4.69, 9.17) is 4.74 Å². The van der Waals surface area contributed by atoms with Crippen LogP contribution in [0, 0.1) is 19.8 Å². The molecule has 0 aliphatic heterocycles. The Morgan fingerprint density at radius 1 is 1.25 bits per heavy atom. The molecule has 0 saturated heterocycles. The first-order valence-corrected chi connectivity index (χ1v) is 5.41. The topological polar surface area (TPSA) is 38.3 Å². The van der Waals surface area contributed by atoms with Gasteiger partial charge in [-0.3, -0.25) is 4.79 Å². The van der Waals surface area contributed by atoms with Crippen LogP contribution >= 0.6 is 0 Å². The summed E-state index contributed by atoms with van der Waals surface area (Å²) in [6, 6.07) is 3.87. The highest BCUT2D eigenvalue weighted by Gasteiger charge is 2.10. The second kappa shape index (κ2) is 5.01. The molecule has 0 aliphatic rings. The molecule has 0 atom stereocenters. The van der Waals surface area contributed by atoms with Crippen molar-refractivity contribution in [3.63, 3.8) is 0 Å². The fourth-order valence-electron chi connectivity index (χ4n) is 1.42. The lowest BCUT2D eigenvalue weighted by molar-refractivity contribution is -0.118. The van der Waals surface area contributed by atoms with Gasteiger partial charge in [-0.1, -0.05) is 13.8 Å². The molecule has 88 valence electrons. The van der Waals surface area contributed by atoms with Crippen molar-refractivity contribution in [2.24, 2.45) is 5.92 Å². The first-order valence-electron chi connectivity index (χ1n) is 5.41. The maximum atomic E-state index is 11.6. The van der Waals surface area contributed by atoms with Gasteiger partial charge in [-0.15, -0.1) is 0 Å². The van der Waals surface area contributed by atoms with Crippen LogP contribution in [0.3, 0.4) is 0 Å². The van der Waals surface area contributed by atoms with E-state index in [9.17, 15) is 4.79 Å². The minimum Gasteiger partial charge on any atom is -0.496 e. The van der Waals surface area contributed by atoms with Crippen molar-refractivity contribution in [1.29, 1.82) is 0 Å². The van der Waals surface area contributed by atoms with Crippen molar-refractivity contribution >= 4 is 11.6 Å². The second-order valence-corrected chi connectivity index (χ2v) is 4.28. The van der Waals surface area contributed by atoms with Gasteiger partial charge in [0, 0.05) is 11.6 Å².